The van der Waals surface area contributed by atoms with E-state index in [1.165, 1.54) is 12.1 Å². The molecule has 0 unspecified atom stereocenters. The quantitative estimate of drug-likeness (QED) is 0.107. The first-order chi connectivity index (χ1) is 26.3. The third-order valence-corrected chi connectivity index (χ3v) is 10.6. The van der Waals surface area contributed by atoms with Crippen LogP contribution in [0.25, 0.3) is 22.0 Å². The van der Waals surface area contributed by atoms with Crippen molar-refractivity contribution in [1.29, 1.82) is 0 Å². The molecular formula is C43H47N5O6. The highest BCUT2D eigenvalue weighted by Crippen LogP contribution is 2.30. The molecule has 2 saturated heterocycles. The van der Waals surface area contributed by atoms with Crippen molar-refractivity contribution in [2.45, 2.75) is 44.4 Å². The van der Waals surface area contributed by atoms with Crippen molar-refractivity contribution in [2.24, 2.45) is 5.92 Å². The number of likely N-dealkylation sites (tertiary alicyclic amines) is 2. The molecule has 0 bridgehead atoms. The molecule has 2 aliphatic heterocycles. The predicted octanol–water partition coefficient (Wildman–Crippen LogP) is 6.29. The van der Waals surface area contributed by atoms with E-state index in [0.29, 0.717) is 34.5 Å². The Balaban J connectivity index is 0.808. The molecule has 54 heavy (non-hydrogen) atoms. The van der Waals surface area contributed by atoms with Gasteiger partial charge in [-0.1, -0.05) is 66.7 Å². The van der Waals surface area contributed by atoms with E-state index in [2.05, 4.69) is 20.5 Å². The van der Waals surface area contributed by atoms with Crippen LogP contribution in [0.4, 0.5) is 10.5 Å². The Labute approximate surface area is 314 Å². The lowest BCUT2D eigenvalue weighted by Gasteiger charge is -2.37. The average Bonchev–Trinajstić information content (AvgIpc) is 3.20. The number of ether oxygens (including phenoxy) is 1. The molecule has 2 amide bonds. The standard InChI is InChI=1S/C43H47N5O6/c49-38-16-14-35(36-15-17-40(51)46-41(36)38)39(50)27-44-26-29-10-12-32(13-11-29)42(52)48-24-18-30(19-25-48)28-47-22-20-33(21-23-47)54-43(53)45-37-9-5-4-8-34(37)31-6-2-1-3-7-31/h1-17,30,33,39,44,49-50H,18-28H2,(H,45,53)(H,46,51)/t39-/m0/s1. The number of H-pyrrole nitrogens is 1. The first-order valence-electron chi connectivity index (χ1n) is 18.8. The largest absolute Gasteiger partial charge is 0.506 e. The van der Waals surface area contributed by atoms with Gasteiger partial charge in [-0.3, -0.25) is 14.9 Å². The fourth-order valence-corrected chi connectivity index (χ4v) is 7.61. The molecule has 3 heterocycles. The third-order valence-electron chi connectivity index (χ3n) is 10.6. The van der Waals surface area contributed by atoms with Crippen molar-refractivity contribution in [3.63, 3.8) is 0 Å². The lowest BCUT2D eigenvalue weighted by molar-refractivity contribution is 0.0459. The molecule has 0 spiro atoms. The second-order valence-corrected chi connectivity index (χ2v) is 14.3. The number of aromatic amines is 1. The zero-order valence-corrected chi connectivity index (χ0v) is 30.2. The smallest absolute Gasteiger partial charge is 0.411 e. The minimum atomic E-state index is -0.850. The number of carbonyl (C=O) groups excluding carboxylic acids is 2. The molecule has 1 atom stereocenters. The Hall–Kier alpha value is -5.49. The lowest BCUT2D eigenvalue weighted by Crippen LogP contribution is -2.44. The van der Waals surface area contributed by atoms with Gasteiger partial charge in [-0.05, 0) is 78.6 Å². The van der Waals surface area contributed by atoms with Crippen molar-refractivity contribution in [3.8, 4) is 16.9 Å². The number of rotatable bonds is 11. The zero-order valence-electron chi connectivity index (χ0n) is 30.2. The van der Waals surface area contributed by atoms with Gasteiger partial charge in [-0.2, -0.15) is 0 Å². The minimum absolute atomic E-state index is 0.0447. The first kappa shape index (κ1) is 36.9. The molecule has 5 N–H and O–H groups in total. The second kappa shape index (κ2) is 17.1. The summed E-state index contributed by atoms with van der Waals surface area (Å²) in [5.41, 5.74) is 4.96. The van der Waals surface area contributed by atoms with Gasteiger partial charge in [0.25, 0.3) is 5.91 Å². The van der Waals surface area contributed by atoms with Gasteiger partial charge in [-0.15, -0.1) is 0 Å². The molecule has 7 rings (SSSR count). The van der Waals surface area contributed by atoms with Crippen molar-refractivity contribution in [3.05, 3.63) is 130 Å². The van der Waals surface area contributed by atoms with E-state index in [1.807, 2.05) is 83.8 Å². The predicted molar refractivity (Wildman–Crippen MR) is 209 cm³/mol. The summed E-state index contributed by atoms with van der Waals surface area (Å²) in [6.07, 6.45) is 2.14. The maximum Gasteiger partial charge on any atom is 0.411 e. The van der Waals surface area contributed by atoms with Crippen LogP contribution in [0.3, 0.4) is 0 Å². The number of hydrogen-bond donors (Lipinski definition) is 5. The summed E-state index contributed by atoms with van der Waals surface area (Å²) < 4.78 is 5.83. The number of aliphatic hydroxyl groups excluding tert-OH is 1. The van der Waals surface area contributed by atoms with Crippen molar-refractivity contribution in [1.82, 2.24) is 20.1 Å². The summed E-state index contributed by atoms with van der Waals surface area (Å²) in [7, 11) is 0. The Morgan fingerprint density at radius 2 is 1.56 bits per heavy atom. The summed E-state index contributed by atoms with van der Waals surface area (Å²) in [6.45, 7) is 4.99. The molecular weight excluding hydrogens is 683 g/mol. The average molecular weight is 730 g/mol. The van der Waals surface area contributed by atoms with Gasteiger partial charge in [0.1, 0.15) is 11.9 Å². The van der Waals surface area contributed by atoms with Crippen LogP contribution >= 0.6 is 0 Å². The summed E-state index contributed by atoms with van der Waals surface area (Å²) in [6, 6.07) is 31.4. The van der Waals surface area contributed by atoms with E-state index < -0.39 is 12.2 Å². The Bertz CT molecular complexity index is 2110. The molecule has 5 aromatic rings. The van der Waals surface area contributed by atoms with Crippen molar-refractivity contribution >= 4 is 28.6 Å². The van der Waals surface area contributed by atoms with Gasteiger partial charge < -0.3 is 35.1 Å². The molecule has 280 valence electrons. The number of nitrogens with zero attached hydrogens (tertiary/aromatic N) is 2. The Morgan fingerprint density at radius 1 is 0.833 bits per heavy atom. The highest BCUT2D eigenvalue weighted by Gasteiger charge is 2.28. The fourth-order valence-electron chi connectivity index (χ4n) is 7.61. The molecule has 0 saturated carbocycles. The van der Waals surface area contributed by atoms with Crippen LogP contribution in [0.15, 0.2) is 108 Å². The van der Waals surface area contributed by atoms with Gasteiger partial charge in [0.15, 0.2) is 0 Å². The van der Waals surface area contributed by atoms with Crippen LogP contribution in [-0.4, -0.2) is 82.4 Å². The molecule has 2 fully saturated rings. The highest BCUT2D eigenvalue weighted by atomic mass is 16.6. The van der Waals surface area contributed by atoms with Gasteiger partial charge in [0.05, 0.1) is 17.3 Å². The van der Waals surface area contributed by atoms with Crippen molar-refractivity contribution in [2.75, 3.05) is 44.6 Å². The summed E-state index contributed by atoms with van der Waals surface area (Å²) >= 11 is 0. The highest BCUT2D eigenvalue weighted by molar-refractivity contribution is 5.94. The number of fused-ring (bicyclic) bond motifs is 1. The number of phenolic OH excluding ortho intramolecular Hbond substituents is 1. The summed E-state index contributed by atoms with van der Waals surface area (Å²) in [5, 5.41) is 27.8. The van der Waals surface area contributed by atoms with Crippen LogP contribution in [0.5, 0.6) is 5.75 Å². The molecule has 0 aliphatic carbocycles. The molecule has 4 aromatic carbocycles. The van der Waals surface area contributed by atoms with Crippen LogP contribution in [0.2, 0.25) is 0 Å². The van der Waals surface area contributed by atoms with Crippen LogP contribution < -0.4 is 16.2 Å². The SMILES string of the molecule is O=C(Nc1ccccc1-c1ccccc1)OC1CCN(CC2CCN(C(=O)c3ccc(CNC[C@H](O)c4ccc(O)c5[nH]c(=O)ccc45)cc3)CC2)CC1. The Kier molecular flexibility index (Phi) is 11.7. The molecule has 11 nitrogen and oxygen atoms in total. The third kappa shape index (κ3) is 8.99. The number of piperidine rings is 2. The number of hydrogen-bond acceptors (Lipinski definition) is 8. The van der Waals surface area contributed by atoms with Gasteiger partial charge in [0, 0.05) is 68.4 Å². The van der Waals surface area contributed by atoms with E-state index >= 15 is 0 Å². The summed E-state index contributed by atoms with van der Waals surface area (Å²) in [5.74, 6) is 0.522. The maximum absolute atomic E-state index is 13.3. The second-order valence-electron chi connectivity index (χ2n) is 14.3. The number of aromatic nitrogens is 1. The molecule has 0 radical (unpaired) electrons. The number of anilines is 1. The van der Waals surface area contributed by atoms with Gasteiger partial charge in [-0.25, -0.2) is 4.79 Å². The topological polar surface area (TPSA) is 147 Å². The van der Waals surface area contributed by atoms with Gasteiger partial charge in [0.2, 0.25) is 5.56 Å². The normalized spacial score (nSPS) is 16.3. The number of benzene rings is 4. The van der Waals surface area contributed by atoms with Crippen molar-refractivity contribution < 1.29 is 24.5 Å². The molecule has 11 heteroatoms. The maximum atomic E-state index is 13.3. The number of pyridine rings is 1. The van der Waals surface area contributed by atoms with E-state index in [1.54, 1.807) is 12.1 Å². The van der Waals surface area contributed by atoms with E-state index in [-0.39, 0.29) is 29.9 Å². The number of amides is 2. The Morgan fingerprint density at radius 3 is 2.31 bits per heavy atom. The molecule has 1 aromatic heterocycles. The number of aromatic hydroxyl groups is 1. The number of aliphatic hydroxyl groups is 1. The van der Waals surface area contributed by atoms with Crippen LogP contribution in [0, 0.1) is 5.92 Å². The summed E-state index contributed by atoms with van der Waals surface area (Å²) in [4.78, 5) is 44.9. The van der Waals surface area contributed by atoms with E-state index in [0.717, 1.165) is 80.8 Å². The number of para-hydroxylation sites is 1. The first-order valence-corrected chi connectivity index (χ1v) is 18.8. The number of phenols is 1. The fraction of sp³-hybridized carbons (Fsp3) is 0.326. The zero-order chi connectivity index (χ0) is 37.4. The molecule has 2 aliphatic rings. The van der Waals surface area contributed by atoms with Gasteiger partial charge >= 0.3 is 6.09 Å². The van der Waals surface area contributed by atoms with Crippen LogP contribution in [-0.2, 0) is 11.3 Å². The monoisotopic (exact) mass is 729 g/mol. The van der Waals surface area contributed by atoms with Crippen LogP contribution in [0.1, 0.15) is 53.3 Å². The number of nitrogens with one attached hydrogen (secondary N) is 3. The van der Waals surface area contributed by atoms with E-state index in [9.17, 15) is 24.6 Å². The lowest BCUT2D eigenvalue weighted by atomic mass is 9.94. The number of carbonyl (C=O) groups is 2. The van der Waals surface area contributed by atoms with E-state index in [4.69, 9.17) is 4.74 Å². The minimum Gasteiger partial charge on any atom is -0.506 e.